The molecule has 0 aliphatic heterocycles. The average molecular weight is 503 g/mol. The Morgan fingerprint density at radius 1 is 1.00 bits per heavy atom. The summed E-state index contributed by atoms with van der Waals surface area (Å²) in [6.07, 6.45) is 3.77. The SMILES string of the molecule is CC(/C=N\NC(=O)CCC(=O)Nc1ccc(I)cc1)=C/c1ccc(C(C)C)cc1. The fourth-order valence-corrected chi connectivity index (χ4v) is 2.88. The molecule has 2 aromatic rings. The van der Waals surface area contributed by atoms with Gasteiger partial charge in [-0.05, 0) is 76.4 Å². The third kappa shape index (κ3) is 8.60. The Morgan fingerprint density at radius 3 is 2.24 bits per heavy atom. The first-order valence-corrected chi connectivity index (χ1v) is 10.6. The van der Waals surface area contributed by atoms with Crippen molar-refractivity contribution in [2.24, 2.45) is 5.10 Å². The number of carbonyl (C=O) groups excluding carboxylic acids is 2. The highest BCUT2D eigenvalue weighted by molar-refractivity contribution is 14.1. The van der Waals surface area contributed by atoms with Crippen LogP contribution in [-0.2, 0) is 9.59 Å². The third-order valence-electron chi connectivity index (χ3n) is 4.16. The first-order chi connectivity index (χ1) is 13.8. The minimum absolute atomic E-state index is 0.0764. The number of hydrazone groups is 1. The minimum Gasteiger partial charge on any atom is -0.326 e. The molecule has 0 saturated carbocycles. The molecule has 2 aromatic carbocycles. The van der Waals surface area contributed by atoms with Crippen LogP contribution in [0.5, 0.6) is 0 Å². The molecular formula is C23H26IN3O2. The van der Waals surface area contributed by atoms with Gasteiger partial charge >= 0.3 is 0 Å². The quantitative estimate of drug-likeness (QED) is 0.290. The highest BCUT2D eigenvalue weighted by atomic mass is 127. The molecule has 0 heterocycles. The summed E-state index contributed by atoms with van der Waals surface area (Å²) in [5.41, 5.74) is 6.47. The summed E-state index contributed by atoms with van der Waals surface area (Å²) in [5.74, 6) is 0.00362. The molecule has 6 heteroatoms. The lowest BCUT2D eigenvalue weighted by Crippen LogP contribution is -2.20. The molecule has 0 aliphatic carbocycles. The number of allylic oxidation sites excluding steroid dienone is 1. The van der Waals surface area contributed by atoms with E-state index in [0.717, 1.165) is 20.4 Å². The first kappa shape index (κ1) is 22.8. The van der Waals surface area contributed by atoms with Crippen molar-refractivity contribution in [3.63, 3.8) is 0 Å². The van der Waals surface area contributed by atoms with Crippen LogP contribution in [0.1, 0.15) is 50.7 Å². The topological polar surface area (TPSA) is 70.6 Å². The van der Waals surface area contributed by atoms with E-state index in [1.807, 2.05) is 37.3 Å². The molecule has 2 N–H and O–H groups in total. The van der Waals surface area contributed by atoms with E-state index < -0.39 is 0 Å². The summed E-state index contributed by atoms with van der Waals surface area (Å²) in [4.78, 5) is 23.8. The number of nitrogens with zero attached hydrogens (tertiary/aromatic N) is 1. The van der Waals surface area contributed by atoms with E-state index in [9.17, 15) is 9.59 Å². The van der Waals surface area contributed by atoms with E-state index in [2.05, 4.69) is 76.5 Å². The first-order valence-electron chi connectivity index (χ1n) is 9.49. The van der Waals surface area contributed by atoms with Gasteiger partial charge in [-0.15, -0.1) is 0 Å². The Balaban J connectivity index is 1.75. The van der Waals surface area contributed by atoms with Gasteiger partial charge in [-0.25, -0.2) is 5.43 Å². The number of hydrogen-bond acceptors (Lipinski definition) is 3. The molecule has 2 rings (SSSR count). The van der Waals surface area contributed by atoms with Crippen LogP contribution >= 0.6 is 22.6 Å². The van der Waals surface area contributed by atoms with Crippen molar-refractivity contribution in [1.82, 2.24) is 5.43 Å². The molecule has 0 aromatic heterocycles. The van der Waals surface area contributed by atoms with Crippen LogP contribution in [0.25, 0.3) is 6.08 Å². The highest BCUT2D eigenvalue weighted by Crippen LogP contribution is 2.16. The Morgan fingerprint density at radius 2 is 1.62 bits per heavy atom. The number of rotatable bonds is 8. The Bertz CT molecular complexity index is 885. The smallest absolute Gasteiger partial charge is 0.240 e. The lowest BCUT2D eigenvalue weighted by Gasteiger charge is -2.05. The van der Waals surface area contributed by atoms with Crippen molar-refractivity contribution < 1.29 is 9.59 Å². The summed E-state index contributed by atoms with van der Waals surface area (Å²) in [6.45, 7) is 6.25. The molecule has 0 atom stereocenters. The average Bonchev–Trinajstić information content (AvgIpc) is 2.68. The van der Waals surface area contributed by atoms with Gasteiger partial charge in [0.25, 0.3) is 0 Å². The van der Waals surface area contributed by atoms with Gasteiger partial charge in [-0.1, -0.05) is 44.2 Å². The number of nitrogens with one attached hydrogen (secondary N) is 2. The van der Waals surface area contributed by atoms with Crippen LogP contribution in [0.3, 0.4) is 0 Å². The predicted octanol–water partition coefficient (Wildman–Crippen LogP) is 5.34. The van der Waals surface area contributed by atoms with Crippen LogP contribution in [0.4, 0.5) is 5.69 Å². The van der Waals surface area contributed by atoms with Crippen molar-refractivity contribution >= 4 is 52.4 Å². The van der Waals surface area contributed by atoms with Crippen molar-refractivity contribution in [3.05, 3.63) is 68.8 Å². The fraction of sp³-hybridized carbons (Fsp3) is 0.261. The van der Waals surface area contributed by atoms with Gasteiger partial charge in [-0.2, -0.15) is 5.10 Å². The number of halogens is 1. The van der Waals surface area contributed by atoms with E-state index in [1.165, 1.54) is 5.56 Å². The molecule has 5 nitrogen and oxygen atoms in total. The second-order valence-electron chi connectivity index (χ2n) is 7.06. The van der Waals surface area contributed by atoms with Crippen molar-refractivity contribution in [2.75, 3.05) is 5.32 Å². The van der Waals surface area contributed by atoms with Gasteiger partial charge in [-0.3, -0.25) is 9.59 Å². The van der Waals surface area contributed by atoms with Crippen LogP contribution in [0.15, 0.2) is 59.2 Å². The maximum Gasteiger partial charge on any atom is 0.240 e. The molecule has 152 valence electrons. The zero-order valence-electron chi connectivity index (χ0n) is 16.9. The van der Waals surface area contributed by atoms with E-state index in [1.54, 1.807) is 6.21 Å². The van der Waals surface area contributed by atoms with Gasteiger partial charge in [0, 0.05) is 22.1 Å². The van der Waals surface area contributed by atoms with Gasteiger partial charge in [0.05, 0.1) is 6.21 Å². The standard InChI is InChI=1S/C23H26IN3O2/c1-16(2)19-6-4-18(5-7-19)14-17(3)15-25-27-23(29)13-12-22(28)26-21-10-8-20(24)9-11-21/h4-11,14-16H,12-13H2,1-3H3,(H,26,28)(H,27,29)/b17-14-,25-15-. The van der Waals surface area contributed by atoms with Crippen LogP contribution in [-0.4, -0.2) is 18.0 Å². The van der Waals surface area contributed by atoms with E-state index in [-0.39, 0.29) is 24.7 Å². The molecule has 0 spiro atoms. The largest absolute Gasteiger partial charge is 0.326 e. The molecule has 0 unspecified atom stereocenters. The molecular weight excluding hydrogens is 477 g/mol. The second kappa shape index (κ2) is 11.5. The monoisotopic (exact) mass is 503 g/mol. The fourth-order valence-electron chi connectivity index (χ4n) is 2.52. The zero-order valence-corrected chi connectivity index (χ0v) is 19.1. The minimum atomic E-state index is -0.298. The number of anilines is 1. The molecule has 0 fully saturated rings. The van der Waals surface area contributed by atoms with Crippen LogP contribution in [0, 0.1) is 3.57 Å². The molecule has 29 heavy (non-hydrogen) atoms. The van der Waals surface area contributed by atoms with Crippen molar-refractivity contribution in [3.8, 4) is 0 Å². The van der Waals surface area contributed by atoms with E-state index in [0.29, 0.717) is 5.92 Å². The second-order valence-corrected chi connectivity index (χ2v) is 8.30. The maximum atomic E-state index is 11.9. The van der Waals surface area contributed by atoms with Crippen LogP contribution in [0.2, 0.25) is 0 Å². The van der Waals surface area contributed by atoms with E-state index >= 15 is 0 Å². The Labute approximate surface area is 185 Å². The van der Waals surface area contributed by atoms with Gasteiger partial charge in [0.1, 0.15) is 0 Å². The van der Waals surface area contributed by atoms with Crippen molar-refractivity contribution in [2.45, 2.75) is 39.5 Å². The number of hydrogen-bond donors (Lipinski definition) is 2. The zero-order chi connectivity index (χ0) is 21.2. The molecule has 0 radical (unpaired) electrons. The van der Waals surface area contributed by atoms with Gasteiger partial charge < -0.3 is 5.32 Å². The summed E-state index contributed by atoms with van der Waals surface area (Å²) in [7, 11) is 0. The lowest BCUT2D eigenvalue weighted by molar-refractivity contribution is -0.124. The Hall–Kier alpha value is -2.48. The molecule has 2 amide bonds. The van der Waals surface area contributed by atoms with Gasteiger partial charge in [0.15, 0.2) is 0 Å². The molecule has 0 aliphatic rings. The Kier molecular flexibility index (Phi) is 9.05. The number of amides is 2. The van der Waals surface area contributed by atoms with E-state index in [4.69, 9.17) is 0 Å². The number of carbonyl (C=O) groups is 2. The van der Waals surface area contributed by atoms with Crippen LogP contribution < -0.4 is 10.7 Å². The van der Waals surface area contributed by atoms with Crippen molar-refractivity contribution in [1.29, 1.82) is 0 Å². The van der Waals surface area contributed by atoms with Gasteiger partial charge in [0.2, 0.25) is 11.8 Å². The summed E-state index contributed by atoms with van der Waals surface area (Å²) < 4.78 is 1.09. The highest BCUT2D eigenvalue weighted by Gasteiger charge is 2.06. The maximum absolute atomic E-state index is 11.9. The normalized spacial score (nSPS) is 11.7. The summed E-state index contributed by atoms with van der Waals surface area (Å²) >= 11 is 2.20. The summed E-state index contributed by atoms with van der Waals surface area (Å²) in [6, 6.07) is 15.8. The lowest BCUT2D eigenvalue weighted by atomic mass is 10.0. The predicted molar refractivity (Wildman–Crippen MR) is 128 cm³/mol. The molecule has 0 saturated heterocycles. The third-order valence-corrected chi connectivity index (χ3v) is 4.88. The molecule has 0 bridgehead atoms. The summed E-state index contributed by atoms with van der Waals surface area (Å²) in [5, 5.41) is 6.73. The number of benzene rings is 2.